The lowest BCUT2D eigenvalue weighted by Gasteiger charge is -2.03. The molecule has 3 heteroatoms. The average molecular weight is 290 g/mol. The van der Waals surface area contributed by atoms with Crippen molar-refractivity contribution in [3.63, 3.8) is 0 Å². The SMILES string of the molecule is C=CCSSc1ccc(Sc2ccccc2)cc1. The van der Waals surface area contributed by atoms with Gasteiger partial charge in [-0.25, -0.2) is 0 Å². The highest BCUT2D eigenvalue weighted by Gasteiger charge is 1.98. The molecule has 0 nitrogen and oxygen atoms in total. The second-order valence-electron chi connectivity index (χ2n) is 3.54. The minimum atomic E-state index is 0.977. The van der Waals surface area contributed by atoms with Crippen molar-refractivity contribution in [1.29, 1.82) is 0 Å². The van der Waals surface area contributed by atoms with E-state index in [1.807, 2.05) is 22.9 Å². The Labute approximate surface area is 121 Å². The lowest BCUT2D eigenvalue weighted by molar-refractivity contribution is 1.34. The van der Waals surface area contributed by atoms with Crippen LogP contribution in [0.15, 0.2) is 81.9 Å². The predicted molar refractivity (Wildman–Crippen MR) is 85.5 cm³/mol. The summed E-state index contributed by atoms with van der Waals surface area (Å²) >= 11 is 1.79. The normalized spacial score (nSPS) is 10.2. The van der Waals surface area contributed by atoms with Gasteiger partial charge in [-0.3, -0.25) is 0 Å². The fraction of sp³-hybridized carbons (Fsp3) is 0.0667. The molecular formula is C15H14S3. The van der Waals surface area contributed by atoms with Crippen LogP contribution in [0, 0.1) is 0 Å². The Hall–Kier alpha value is -0.770. The molecule has 0 saturated carbocycles. The van der Waals surface area contributed by atoms with Gasteiger partial charge in [0, 0.05) is 20.4 Å². The molecule has 2 rings (SSSR count). The van der Waals surface area contributed by atoms with E-state index in [1.165, 1.54) is 14.7 Å². The average Bonchev–Trinajstić information content (AvgIpc) is 2.42. The largest absolute Gasteiger partial charge is 0.102 e. The lowest BCUT2D eigenvalue weighted by Crippen LogP contribution is -1.74. The molecule has 0 unspecified atom stereocenters. The molecule has 0 amide bonds. The number of rotatable bonds is 6. The van der Waals surface area contributed by atoms with E-state index < -0.39 is 0 Å². The van der Waals surface area contributed by atoms with Crippen molar-refractivity contribution in [3.8, 4) is 0 Å². The van der Waals surface area contributed by atoms with E-state index in [2.05, 4.69) is 55.1 Å². The number of hydrogen-bond acceptors (Lipinski definition) is 3. The molecular weight excluding hydrogens is 276 g/mol. The zero-order valence-electron chi connectivity index (χ0n) is 9.91. The molecule has 0 fully saturated rings. The zero-order chi connectivity index (χ0) is 12.6. The Balaban J connectivity index is 1.93. The summed E-state index contributed by atoms with van der Waals surface area (Å²) in [7, 11) is 3.60. The van der Waals surface area contributed by atoms with Crippen LogP contribution in [0.2, 0.25) is 0 Å². The summed E-state index contributed by atoms with van der Waals surface area (Å²) in [5.41, 5.74) is 0. The first-order chi connectivity index (χ1) is 8.88. The molecule has 0 heterocycles. The van der Waals surface area contributed by atoms with Crippen LogP contribution >= 0.6 is 33.3 Å². The number of benzene rings is 2. The first-order valence-electron chi connectivity index (χ1n) is 5.62. The van der Waals surface area contributed by atoms with Gasteiger partial charge in [0.1, 0.15) is 0 Å². The van der Waals surface area contributed by atoms with Crippen LogP contribution in [0.5, 0.6) is 0 Å². The highest BCUT2D eigenvalue weighted by molar-refractivity contribution is 8.76. The summed E-state index contributed by atoms with van der Waals surface area (Å²) in [6.45, 7) is 3.72. The smallest absolute Gasteiger partial charge is 0.0218 e. The molecule has 0 atom stereocenters. The van der Waals surface area contributed by atoms with Gasteiger partial charge >= 0.3 is 0 Å². The molecule has 0 saturated heterocycles. The maximum absolute atomic E-state index is 3.72. The van der Waals surface area contributed by atoms with Crippen molar-refractivity contribution < 1.29 is 0 Å². The van der Waals surface area contributed by atoms with Crippen LogP contribution in [0.3, 0.4) is 0 Å². The maximum atomic E-state index is 3.72. The molecule has 0 spiro atoms. The Morgan fingerprint density at radius 2 is 1.44 bits per heavy atom. The van der Waals surface area contributed by atoms with E-state index in [4.69, 9.17) is 0 Å². The minimum absolute atomic E-state index is 0.977. The summed E-state index contributed by atoms with van der Waals surface area (Å²) in [5, 5.41) is 0. The molecule has 0 aliphatic rings. The van der Waals surface area contributed by atoms with Gasteiger partial charge in [-0.2, -0.15) is 0 Å². The van der Waals surface area contributed by atoms with Crippen LogP contribution in [-0.2, 0) is 0 Å². The van der Waals surface area contributed by atoms with Gasteiger partial charge < -0.3 is 0 Å². The molecule has 2 aromatic rings. The fourth-order valence-corrected chi connectivity index (χ4v) is 3.96. The third kappa shape index (κ3) is 4.48. The second kappa shape index (κ2) is 7.62. The summed E-state index contributed by atoms with van der Waals surface area (Å²) < 4.78 is 0. The van der Waals surface area contributed by atoms with E-state index >= 15 is 0 Å². The Morgan fingerprint density at radius 1 is 0.833 bits per heavy atom. The van der Waals surface area contributed by atoms with Crippen LogP contribution in [0.4, 0.5) is 0 Å². The van der Waals surface area contributed by atoms with Crippen molar-refractivity contribution in [3.05, 3.63) is 67.3 Å². The standard InChI is InChI=1S/C15H14S3/c1-2-12-16-18-15-10-8-14(9-11-15)17-13-6-4-3-5-7-13/h2-11H,1,12H2. The quantitative estimate of drug-likeness (QED) is 0.377. The second-order valence-corrected chi connectivity index (χ2v) is 7.10. The monoisotopic (exact) mass is 290 g/mol. The summed E-state index contributed by atoms with van der Waals surface area (Å²) in [4.78, 5) is 3.84. The van der Waals surface area contributed by atoms with Gasteiger partial charge in [-0.15, -0.1) is 6.58 Å². The minimum Gasteiger partial charge on any atom is -0.102 e. The van der Waals surface area contributed by atoms with Gasteiger partial charge in [-0.05, 0) is 36.4 Å². The van der Waals surface area contributed by atoms with Gasteiger partial charge in [-0.1, -0.05) is 57.6 Å². The molecule has 0 bridgehead atoms. The van der Waals surface area contributed by atoms with E-state index in [1.54, 1.807) is 22.6 Å². The predicted octanol–water partition coefficient (Wildman–Crippen LogP) is 5.76. The van der Waals surface area contributed by atoms with Crippen molar-refractivity contribution in [2.45, 2.75) is 14.7 Å². The highest BCUT2D eigenvalue weighted by Crippen LogP contribution is 2.33. The first-order valence-corrected chi connectivity index (χ1v) is 8.75. The molecule has 0 aliphatic carbocycles. The van der Waals surface area contributed by atoms with Crippen molar-refractivity contribution in [2.75, 3.05) is 5.75 Å². The van der Waals surface area contributed by atoms with Crippen molar-refractivity contribution >= 4 is 33.3 Å². The molecule has 0 radical (unpaired) electrons. The molecule has 2 aromatic carbocycles. The highest BCUT2D eigenvalue weighted by atomic mass is 33.1. The van der Waals surface area contributed by atoms with Crippen LogP contribution < -0.4 is 0 Å². The van der Waals surface area contributed by atoms with Crippen LogP contribution in [0.25, 0.3) is 0 Å². The molecule has 18 heavy (non-hydrogen) atoms. The third-order valence-electron chi connectivity index (χ3n) is 2.14. The van der Waals surface area contributed by atoms with Gasteiger partial charge in [0.15, 0.2) is 0 Å². The topological polar surface area (TPSA) is 0 Å². The lowest BCUT2D eigenvalue weighted by atomic mass is 10.4. The van der Waals surface area contributed by atoms with Gasteiger partial charge in [0.2, 0.25) is 0 Å². The van der Waals surface area contributed by atoms with Gasteiger partial charge in [0.05, 0.1) is 0 Å². The Morgan fingerprint density at radius 3 is 2.11 bits per heavy atom. The Kier molecular flexibility index (Phi) is 5.78. The molecule has 0 N–H and O–H groups in total. The van der Waals surface area contributed by atoms with E-state index in [0.717, 1.165) is 5.75 Å². The van der Waals surface area contributed by atoms with E-state index in [9.17, 15) is 0 Å². The van der Waals surface area contributed by atoms with Crippen molar-refractivity contribution in [1.82, 2.24) is 0 Å². The number of hydrogen-bond donors (Lipinski definition) is 0. The zero-order valence-corrected chi connectivity index (χ0v) is 12.4. The van der Waals surface area contributed by atoms with Crippen LogP contribution in [0.1, 0.15) is 0 Å². The first kappa shape index (κ1) is 13.7. The molecule has 0 aliphatic heterocycles. The fourth-order valence-electron chi connectivity index (χ4n) is 1.34. The summed E-state index contributed by atoms with van der Waals surface area (Å²) in [6, 6.07) is 19.1. The summed E-state index contributed by atoms with van der Waals surface area (Å²) in [6.07, 6.45) is 1.93. The Bertz CT molecular complexity index is 477. The van der Waals surface area contributed by atoms with E-state index in [0.29, 0.717) is 0 Å². The third-order valence-corrected chi connectivity index (χ3v) is 5.45. The van der Waals surface area contributed by atoms with Crippen molar-refractivity contribution in [2.24, 2.45) is 0 Å². The molecule has 0 aromatic heterocycles. The van der Waals surface area contributed by atoms with Crippen LogP contribution in [-0.4, -0.2) is 5.75 Å². The van der Waals surface area contributed by atoms with E-state index in [-0.39, 0.29) is 0 Å². The summed E-state index contributed by atoms with van der Waals surface area (Å²) in [5.74, 6) is 0.977. The molecule has 92 valence electrons. The maximum Gasteiger partial charge on any atom is 0.0218 e. The van der Waals surface area contributed by atoms with Gasteiger partial charge in [0.25, 0.3) is 0 Å².